The highest BCUT2D eigenvalue weighted by molar-refractivity contribution is 7.97. The maximum Gasteiger partial charge on any atom is 0.450 e. The number of thiophene rings is 1. The molecule has 38 heteroatoms. The molecular weight excluding hydrogens is 1650 g/mol. The average molecular weight is 1720 g/mol. The molecule has 606 valence electrons. The first kappa shape index (κ1) is 88.9. The number of fused-ring (bicyclic) bond motifs is 5. The van der Waals surface area contributed by atoms with Gasteiger partial charge in [0.2, 0.25) is 9.79 Å². The van der Waals surface area contributed by atoms with Crippen molar-refractivity contribution in [1.29, 1.82) is 0 Å². The van der Waals surface area contributed by atoms with Gasteiger partial charge in [-0.25, -0.2) is 26.4 Å². The molecule has 20 nitrogen and oxygen atoms in total. The third-order valence-corrected chi connectivity index (χ3v) is 24.4. The van der Waals surface area contributed by atoms with Gasteiger partial charge in [-0.3, -0.25) is 0 Å². The Hall–Kier alpha value is -10.6. The molecule has 0 aliphatic carbocycles. The second-order valence-corrected chi connectivity index (χ2v) is 34.5. The summed E-state index contributed by atoms with van der Waals surface area (Å²) in [5, 5.41) is -15.9. The number of rotatable bonds is 22. The van der Waals surface area contributed by atoms with E-state index >= 15 is 0 Å². The van der Waals surface area contributed by atoms with Crippen LogP contribution in [0.25, 0.3) is 43.3 Å². The number of carbonyl (C=O) groups is 2. The minimum absolute atomic E-state index is 0.0893. The molecule has 1 atom stereocenters. The van der Waals surface area contributed by atoms with E-state index in [0.29, 0.717) is 65.7 Å². The van der Waals surface area contributed by atoms with Crippen molar-refractivity contribution in [2.75, 3.05) is 13.2 Å². The molecule has 114 heavy (non-hydrogen) atoms. The van der Waals surface area contributed by atoms with Crippen LogP contribution in [0.3, 0.4) is 0 Å². The third kappa shape index (κ3) is 19.8. The fourth-order valence-corrected chi connectivity index (χ4v) is 17.3. The number of hydrogen-bond acceptors (Lipinski definition) is 20. The van der Waals surface area contributed by atoms with Gasteiger partial charge in [-0.15, -0.1) is 0 Å². The van der Waals surface area contributed by atoms with Gasteiger partial charge in [-0.2, -0.15) is 69.5 Å². The zero-order valence-electron chi connectivity index (χ0n) is 59.0. The van der Waals surface area contributed by atoms with Crippen LogP contribution in [0.4, 0.5) is 52.7 Å². The molecule has 2 aliphatic rings. The molecule has 0 spiro atoms. The maximum absolute atomic E-state index is 13.5. The highest BCUT2D eigenvalue weighted by atomic mass is 32.2. The van der Waals surface area contributed by atoms with Crippen LogP contribution >= 0.6 is 10.5 Å². The molecule has 1 N–H and O–H groups in total. The lowest BCUT2D eigenvalue weighted by Gasteiger charge is -2.32. The van der Waals surface area contributed by atoms with Crippen molar-refractivity contribution in [1.82, 2.24) is 0 Å². The number of aromatic hydroxyl groups is 1. The molecule has 1 saturated heterocycles. The number of cyclic esters (lactones) is 1. The van der Waals surface area contributed by atoms with Gasteiger partial charge in [0.05, 0.1) is 6.61 Å². The minimum atomic E-state index is -7.33. The number of benzene rings is 9. The van der Waals surface area contributed by atoms with E-state index in [1.807, 2.05) is 93.6 Å². The van der Waals surface area contributed by atoms with Gasteiger partial charge < -0.3 is 46.3 Å². The predicted octanol–water partition coefficient (Wildman–Crippen LogP) is 17.9. The number of esters is 2. The van der Waals surface area contributed by atoms with Gasteiger partial charge in [-0.05, 0) is 159 Å². The molecule has 0 amide bonds. The van der Waals surface area contributed by atoms with E-state index in [1.54, 1.807) is 18.2 Å². The number of phenols is 1. The summed E-state index contributed by atoms with van der Waals surface area (Å²) in [6.07, 6.45) is 4.31. The van der Waals surface area contributed by atoms with E-state index < -0.39 is 96.5 Å². The second-order valence-electron chi connectivity index (χ2n) is 24.5. The summed E-state index contributed by atoms with van der Waals surface area (Å²) in [5.74, 6) is -13.4. The van der Waals surface area contributed by atoms with Crippen LogP contribution in [0.15, 0.2) is 253 Å². The molecule has 1 unspecified atom stereocenters. The van der Waals surface area contributed by atoms with E-state index in [0.717, 1.165) is 41.3 Å². The van der Waals surface area contributed by atoms with E-state index in [1.165, 1.54) is 51.9 Å². The average Bonchev–Trinajstić information content (AvgIpc) is 0.878. The van der Waals surface area contributed by atoms with Gasteiger partial charge in [0, 0.05) is 39.8 Å². The van der Waals surface area contributed by atoms with E-state index in [9.17, 15) is 105 Å². The Morgan fingerprint density at radius 2 is 0.851 bits per heavy atom. The molecule has 10 aromatic rings. The molecule has 2 aliphatic heterocycles. The van der Waals surface area contributed by atoms with E-state index in [-0.39, 0.29) is 39.9 Å². The number of alkyl halides is 12. The summed E-state index contributed by atoms with van der Waals surface area (Å²) in [5.41, 5.74) is 1.19. The monoisotopic (exact) mass is 1710 g/mol. The normalized spacial score (nSPS) is 14.1. The summed E-state index contributed by atoms with van der Waals surface area (Å²) in [4.78, 5) is 28.2. The molecule has 1 aromatic heterocycles. The van der Waals surface area contributed by atoms with Crippen LogP contribution in [0.2, 0.25) is 0 Å². The van der Waals surface area contributed by atoms with Crippen molar-refractivity contribution in [3.05, 3.63) is 255 Å². The summed E-state index contributed by atoms with van der Waals surface area (Å²) in [6.45, 7) is 16.1. The Morgan fingerprint density at radius 3 is 1.23 bits per heavy atom. The fraction of sp³-hybridized carbons (Fsp3) is 0.184. The number of para-hydroxylation sites is 2. The van der Waals surface area contributed by atoms with E-state index in [2.05, 4.69) is 113 Å². The Morgan fingerprint density at radius 1 is 0.491 bits per heavy atom. The van der Waals surface area contributed by atoms with Gasteiger partial charge in [0.1, 0.15) is 45.2 Å². The van der Waals surface area contributed by atoms with Gasteiger partial charge >= 0.3 is 65.0 Å². The molecule has 3 heterocycles. The molecule has 0 bridgehead atoms. The summed E-state index contributed by atoms with van der Waals surface area (Å²) in [7, 11) is -28.7. The summed E-state index contributed by atoms with van der Waals surface area (Å²) < 4.78 is 302. The third-order valence-electron chi connectivity index (χ3n) is 15.4. The second kappa shape index (κ2) is 35.0. The van der Waals surface area contributed by atoms with Crippen LogP contribution in [0, 0.1) is 0 Å². The van der Waals surface area contributed by atoms with Crippen molar-refractivity contribution in [3.63, 3.8) is 0 Å². The highest BCUT2D eigenvalue weighted by Gasteiger charge is 2.82. The smallest absolute Gasteiger partial charge is 0.450 e. The molecule has 0 radical (unpaired) electrons. The largest absolute Gasteiger partial charge is 0.743 e. The van der Waals surface area contributed by atoms with Gasteiger partial charge in [-0.1, -0.05) is 123 Å². The molecule has 9 aromatic carbocycles. The number of ether oxygens (including phenoxy) is 5. The zero-order valence-corrected chi connectivity index (χ0v) is 63.9. The molecular formula is C76H62F12O20S6. The van der Waals surface area contributed by atoms with Crippen LogP contribution < -0.4 is 22.6 Å². The molecule has 12 rings (SSSR count). The Bertz CT molecular complexity index is 5370. The number of halogens is 12. The lowest BCUT2D eigenvalue weighted by molar-refractivity contribution is -0.247. The molecule has 0 saturated carbocycles. The van der Waals surface area contributed by atoms with Crippen molar-refractivity contribution in [2.45, 2.75) is 86.4 Å². The minimum Gasteiger partial charge on any atom is -0.743 e. The van der Waals surface area contributed by atoms with Crippen LogP contribution in [-0.4, -0.2) is 118 Å². The van der Waals surface area contributed by atoms with Crippen molar-refractivity contribution >= 4 is 112 Å². The predicted molar refractivity (Wildman–Crippen MR) is 398 cm³/mol. The number of hydrogen-bond donors (Lipinski definition) is 1. The zero-order chi connectivity index (χ0) is 84.4. The quantitative estimate of drug-likeness (QED) is 0.0217. The highest BCUT2D eigenvalue weighted by Crippen LogP contribution is 2.54. The Labute approximate surface area is 650 Å². The van der Waals surface area contributed by atoms with Crippen molar-refractivity contribution < 1.29 is 142 Å². The topological polar surface area (TPSA) is 302 Å². The van der Waals surface area contributed by atoms with Crippen molar-refractivity contribution in [3.8, 4) is 45.1 Å². The summed E-state index contributed by atoms with van der Waals surface area (Å²) >= 11 is 0. The summed E-state index contributed by atoms with van der Waals surface area (Å²) in [6, 6.07) is 63.5. The first-order valence-electron chi connectivity index (χ1n) is 32.4. The van der Waals surface area contributed by atoms with Crippen LogP contribution in [0.1, 0.15) is 43.9 Å². The Balaban J connectivity index is 0.000000183. The maximum atomic E-state index is 13.5. The first-order chi connectivity index (χ1) is 53.1. The number of phenolic OH excluding ortho intramolecular Hbond substituents is 1. The number of carbonyl (C=O) groups excluding carboxylic acids is 2. The molecule has 1 fully saturated rings. The van der Waals surface area contributed by atoms with Gasteiger partial charge in [0.15, 0.2) is 63.6 Å². The van der Waals surface area contributed by atoms with Crippen LogP contribution in [-0.2, 0) is 70.4 Å². The van der Waals surface area contributed by atoms with Crippen molar-refractivity contribution in [2.24, 2.45) is 0 Å². The standard InChI is InChI=1S/C24H23O3S.C22H17O4S.2C11H8F6O6S2.C8H8O/c1-24(2,3)27-23(25)16-26-17-12-14-18(15-13-17)28-21-10-6-4-8-19(21)20-9-5-7-11-22(20)28;23-22-19(13-14-24-22)25-15-9-11-16(12-10-15)27-20-7-3-1-5-17(20)26-18-6-2-4-8-21(18)27;2*1-2-7-3-5-8(6-4-7)23-25(21,22)11(16,17)9(12,13)10(14,15)24(18,19)20;1-2-7-3-5-8(9)6-4-7/h4-15H,16H2,1-3H3;1-12,19H,13-14H2;2*2-6H,1H2,(H,18,19,20);2-6,9H,1H2/q2*+1;;;/p-2. The lowest BCUT2D eigenvalue weighted by atomic mass is 10.2. The van der Waals surface area contributed by atoms with E-state index in [4.69, 9.17) is 28.8 Å². The SMILES string of the molecule is C=Cc1ccc(O)cc1.C=Cc1ccc(OS(=O)(=O)C(F)(F)C(F)(F)C(F)(F)S(=O)(=O)[O-])cc1.C=Cc1ccc(OS(=O)(=O)C(F)(F)C(F)(F)C(F)(F)S(=O)(=O)[O-])cc1.CC(C)(C)OC(=O)COc1ccc(-[s+]2c3ccccc3c3ccccc32)cc1.O=C1OCCC1Oc1ccc([S+]2c3ccccc3Oc3ccccc32)cc1. The fourth-order valence-electron chi connectivity index (χ4n) is 9.85. The van der Waals surface area contributed by atoms with Crippen LogP contribution in [0.5, 0.6) is 40.2 Å². The van der Waals surface area contributed by atoms with Gasteiger partial charge in [0.25, 0.3) is 0 Å². The first-order valence-corrected chi connectivity index (χ1v) is 40.5. The lowest BCUT2D eigenvalue weighted by Crippen LogP contribution is -2.61. The Kier molecular flexibility index (Phi) is 27.3.